The van der Waals surface area contributed by atoms with Gasteiger partial charge in [0.1, 0.15) is 11.9 Å². The topological polar surface area (TPSA) is 104 Å². The van der Waals surface area contributed by atoms with Crippen molar-refractivity contribution in [2.45, 2.75) is 25.3 Å². The highest BCUT2D eigenvalue weighted by Gasteiger charge is 2.32. The first-order valence-corrected chi connectivity index (χ1v) is 8.89. The van der Waals surface area contributed by atoms with Crippen molar-refractivity contribution in [1.29, 1.82) is 0 Å². The van der Waals surface area contributed by atoms with Gasteiger partial charge in [0, 0.05) is 12.1 Å². The Morgan fingerprint density at radius 2 is 2.04 bits per heavy atom. The molecule has 0 spiro atoms. The normalized spacial score (nSPS) is 18.5. The Hall–Kier alpha value is -2.16. The molecule has 0 bridgehead atoms. The van der Waals surface area contributed by atoms with Crippen molar-refractivity contribution in [3.63, 3.8) is 0 Å². The molecule has 1 aromatic carbocycles. The zero-order valence-corrected chi connectivity index (χ0v) is 13.3. The largest absolute Gasteiger partial charge is 0.480 e. The number of carboxylic acid groups (broad SMARTS) is 1. The maximum atomic E-state index is 13.7. The molecular weight excluding hydrogens is 327 g/mol. The molecule has 1 fully saturated rings. The number of nitrogens with zero attached hydrogens (tertiary/aromatic N) is 1. The van der Waals surface area contributed by atoms with Gasteiger partial charge in [-0.2, -0.15) is 0 Å². The first-order chi connectivity index (χ1) is 10.7. The summed E-state index contributed by atoms with van der Waals surface area (Å²) in [6.45, 7) is 0.294. The lowest BCUT2D eigenvalue weighted by Gasteiger charge is -2.33. The fraction of sp³-hybridized carbons (Fsp3) is 0.429. The van der Waals surface area contributed by atoms with Gasteiger partial charge in [0.15, 0.2) is 0 Å². The summed E-state index contributed by atoms with van der Waals surface area (Å²) in [5.74, 6) is -2.47. The maximum absolute atomic E-state index is 13.7. The smallest absolute Gasteiger partial charge is 0.326 e. The molecule has 1 heterocycles. The predicted octanol–water partition coefficient (Wildman–Crippen LogP) is 1.28. The zero-order chi connectivity index (χ0) is 17.2. The molecule has 7 nitrogen and oxygen atoms in total. The van der Waals surface area contributed by atoms with E-state index in [4.69, 9.17) is 0 Å². The van der Waals surface area contributed by atoms with Crippen LogP contribution in [0.3, 0.4) is 0 Å². The average Bonchev–Trinajstić information content (AvgIpc) is 2.47. The Labute approximate surface area is 133 Å². The minimum atomic E-state index is -3.70. The van der Waals surface area contributed by atoms with Crippen LogP contribution in [-0.2, 0) is 14.8 Å². The number of hydrogen-bond acceptors (Lipinski definition) is 4. The van der Waals surface area contributed by atoms with Crippen LogP contribution < -0.4 is 4.72 Å². The van der Waals surface area contributed by atoms with Gasteiger partial charge in [-0.3, -0.25) is 9.52 Å². The molecule has 1 aromatic rings. The number of hydrogen-bond donors (Lipinski definition) is 2. The molecule has 126 valence electrons. The number of carbonyl (C=O) groups is 2. The average molecular weight is 344 g/mol. The van der Waals surface area contributed by atoms with Crippen LogP contribution in [0.15, 0.2) is 18.2 Å². The summed E-state index contributed by atoms with van der Waals surface area (Å²) in [5, 5.41) is 9.21. The zero-order valence-electron chi connectivity index (χ0n) is 12.5. The van der Waals surface area contributed by atoms with E-state index >= 15 is 0 Å². The van der Waals surface area contributed by atoms with E-state index in [1.54, 1.807) is 0 Å². The third-order valence-corrected chi connectivity index (χ3v) is 4.15. The Morgan fingerprint density at radius 1 is 1.35 bits per heavy atom. The number of anilines is 1. The molecule has 1 aliphatic rings. The fourth-order valence-electron chi connectivity index (χ4n) is 2.53. The number of likely N-dealkylation sites (tertiary alicyclic amines) is 1. The van der Waals surface area contributed by atoms with Crippen molar-refractivity contribution in [2.24, 2.45) is 0 Å². The lowest BCUT2D eigenvalue weighted by molar-refractivity contribution is -0.143. The number of rotatable bonds is 4. The van der Waals surface area contributed by atoms with E-state index in [0.717, 1.165) is 18.4 Å². The molecule has 2 rings (SSSR count). The van der Waals surface area contributed by atoms with Crippen molar-refractivity contribution >= 4 is 27.6 Å². The van der Waals surface area contributed by atoms with Crippen LogP contribution in [0.5, 0.6) is 0 Å². The number of sulfonamides is 1. The number of halogens is 1. The van der Waals surface area contributed by atoms with Crippen molar-refractivity contribution in [2.75, 3.05) is 17.5 Å². The number of carboxylic acids is 1. The van der Waals surface area contributed by atoms with E-state index in [-0.39, 0.29) is 11.3 Å². The lowest BCUT2D eigenvalue weighted by atomic mass is 10.0. The van der Waals surface area contributed by atoms with E-state index < -0.39 is 33.8 Å². The minimum Gasteiger partial charge on any atom is -0.480 e. The highest BCUT2D eigenvalue weighted by molar-refractivity contribution is 7.92. The maximum Gasteiger partial charge on any atom is 0.326 e. The molecule has 0 radical (unpaired) electrons. The van der Waals surface area contributed by atoms with Gasteiger partial charge in [-0.25, -0.2) is 17.6 Å². The molecule has 1 amide bonds. The van der Waals surface area contributed by atoms with Crippen molar-refractivity contribution in [3.05, 3.63) is 29.6 Å². The highest BCUT2D eigenvalue weighted by Crippen LogP contribution is 2.23. The summed E-state index contributed by atoms with van der Waals surface area (Å²) >= 11 is 0. The number of carbonyl (C=O) groups excluding carboxylic acids is 1. The Morgan fingerprint density at radius 3 is 2.65 bits per heavy atom. The molecule has 1 saturated heterocycles. The van der Waals surface area contributed by atoms with E-state index in [2.05, 4.69) is 0 Å². The van der Waals surface area contributed by atoms with E-state index in [1.165, 1.54) is 11.0 Å². The van der Waals surface area contributed by atoms with Gasteiger partial charge in [-0.1, -0.05) is 0 Å². The monoisotopic (exact) mass is 344 g/mol. The summed E-state index contributed by atoms with van der Waals surface area (Å²) in [6, 6.07) is 2.33. The molecule has 23 heavy (non-hydrogen) atoms. The van der Waals surface area contributed by atoms with Crippen molar-refractivity contribution in [3.8, 4) is 0 Å². The second-order valence-corrected chi connectivity index (χ2v) is 7.17. The molecule has 1 atom stereocenters. The Balaban J connectivity index is 2.31. The first kappa shape index (κ1) is 17.2. The molecule has 0 unspecified atom stereocenters. The molecular formula is C14H17FN2O5S. The molecule has 9 heteroatoms. The molecule has 2 N–H and O–H groups in total. The van der Waals surface area contributed by atoms with E-state index in [0.29, 0.717) is 25.8 Å². The standard InChI is InChI=1S/C14H17FN2O5S/c1-23(21,22)16-11-8-9(5-6-10(11)15)13(18)17-7-3-2-4-12(17)14(19)20/h5-6,8,12,16H,2-4,7H2,1H3,(H,19,20)/t12-/m1/s1. The summed E-state index contributed by atoms with van der Waals surface area (Å²) in [4.78, 5) is 25.0. The van der Waals surface area contributed by atoms with Crippen LogP contribution in [0.25, 0.3) is 0 Å². The second kappa shape index (κ2) is 6.53. The van der Waals surface area contributed by atoms with Gasteiger partial charge >= 0.3 is 5.97 Å². The number of nitrogens with one attached hydrogen (secondary N) is 1. The van der Waals surface area contributed by atoms with Gasteiger partial charge in [-0.15, -0.1) is 0 Å². The SMILES string of the molecule is CS(=O)(=O)Nc1cc(C(=O)N2CCCC[C@@H]2C(=O)O)ccc1F. The number of aliphatic carboxylic acids is 1. The third kappa shape index (κ3) is 4.19. The molecule has 0 saturated carbocycles. The Kier molecular flexibility index (Phi) is 4.88. The lowest BCUT2D eigenvalue weighted by Crippen LogP contribution is -2.48. The van der Waals surface area contributed by atoms with Gasteiger partial charge in [-0.05, 0) is 37.5 Å². The van der Waals surface area contributed by atoms with Gasteiger partial charge in [0.2, 0.25) is 10.0 Å². The van der Waals surface area contributed by atoms with E-state index in [9.17, 15) is 27.5 Å². The summed E-state index contributed by atoms with van der Waals surface area (Å²) < 4.78 is 38.1. The van der Waals surface area contributed by atoms with Crippen LogP contribution >= 0.6 is 0 Å². The summed E-state index contributed by atoms with van der Waals surface area (Å²) in [6.07, 6.45) is 2.62. The van der Waals surface area contributed by atoms with E-state index in [1.807, 2.05) is 4.72 Å². The van der Waals surface area contributed by atoms with Gasteiger partial charge in [0.05, 0.1) is 11.9 Å². The van der Waals surface area contributed by atoms with Crippen LogP contribution in [0, 0.1) is 5.82 Å². The third-order valence-electron chi connectivity index (χ3n) is 3.56. The minimum absolute atomic E-state index is 0.0331. The number of benzene rings is 1. The molecule has 0 aliphatic carbocycles. The summed E-state index contributed by atoms with van der Waals surface area (Å²) in [5.41, 5.74) is -0.312. The summed E-state index contributed by atoms with van der Waals surface area (Å²) in [7, 11) is -3.70. The van der Waals surface area contributed by atoms with Crippen molar-refractivity contribution < 1.29 is 27.5 Å². The van der Waals surface area contributed by atoms with Gasteiger partial charge in [0.25, 0.3) is 5.91 Å². The Bertz CT molecular complexity index is 735. The van der Waals surface area contributed by atoms with Crippen LogP contribution in [0.1, 0.15) is 29.6 Å². The van der Waals surface area contributed by atoms with Crippen LogP contribution in [-0.4, -0.2) is 49.1 Å². The second-order valence-electron chi connectivity index (χ2n) is 5.42. The highest BCUT2D eigenvalue weighted by atomic mass is 32.2. The fourth-order valence-corrected chi connectivity index (χ4v) is 3.09. The number of amides is 1. The van der Waals surface area contributed by atoms with Crippen LogP contribution in [0.2, 0.25) is 0 Å². The predicted molar refractivity (Wildman–Crippen MR) is 81.2 cm³/mol. The molecule has 0 aromatic heterocycles. The quantitative estimate of drug-likeness (QED) is 0.856. The van der Waals surface area contributed by atoms with Crippen molar-refractivity contribution in [1.82, 2.24) is 4.90 Å². The first-order valence-electron chi connectivity index (χ1n) is 7.00. The van der Waals surface area contributed by atoms with Gasteiger partial charge < -0.3 is 10.0 Å². The van der Waals surface area contributed by atoms with Crippen LogP contribution in [0.4, 0.5) is 10.1 Å². The number of piperidine rings is 1. The molecule has 1 aliphatic heterocycles.